The molecule has 0 spiro atoms. The molecule has 0 saturated carbocycles. The van der Waals surface area contributed by atoms with E-state index in [1.165, 1.54) is 11.3 Å². The minimum Gasteiger partial charge on any atom is -0.393 e. The number of benzene rings is 2. The van der Waals surface area contributed by atoms with Gasteiger partial charge in [0.05, 0.1) is 5.69 Å². The third-order valence-corrected chi connectivity index (χ3v) is 3.87. The molecule has 0 aliphatic carbocycles. The highest BCUT2D eigenvalue weighted by Gasteiger charge is 2.10. The molecular formula is C15H12N2OS. The lowest BCUT2D eigenvalue weighted by molar-refractivity contribution is 1.57. The summed E-state index contributed by atoms with van der Waals surface area (Å²) >= 11 is 1.17. The molecule has 4 heteroatoms. The molecule has 0 amide bonds. The largest absolute Gasteiger partial charge is 0.393 e. The van der Waals surface area contributed by atoms with Crippen molar-refractivity contribution in [3.8, 4) is 0 Å². The molecule has 1 aromatic heterocycles. The molecule has 3 rings (SSSR count). The van der Waals surface area contributed by atoms with Gasteiger partial charge < -0.3 is 11.1 Å². The summed E-state index contributed by atoms with van der Waals surface area (Å²) in [5.74, 6) is 0. The highest BCUT2D eigenvalue weighted by Crippen LogP contribution is 2.31. The van der Waals surface area contributed by atoms with Crippen LogP contribution < -0.4 is 15.8 Å². The molecule has 2 aromatic carbocycles. The Balaban J connectivity index is 2.22. The van der Waals surface area contributed by atoms with Gasteiger partial charge >= 0.3 is 0 Å². The second-order valence-electron chi connectivity index (χ2n) is 4.17. The van der Waals surface area contributed by atoms with E-state index in [2.05, 4.69) is 5.32 Å². The highest BCUT2D eigenvalue weighted by molar-refractivity contribution is 7.16. The minimum absolute atomic E-state index is 0.114. The van der Waals surface area contributed by atoms with Gasteiger partial charge in [0, 0.05) is 15.8 Å². The van der Waals surface area contributed by atoms with Gasteiger partial charge in [-0.25, -0.2) is 0 Å². The third-order valence-electron chi connectivity index (χ3n) is 2.89. The van der Waals surface area contributed by atoms with Gasteiger partial charge in [0.25, 0.3) is 4.74 Å². The summed E-state index contributed by atoms with van der Waals surface area (Å²) in [5.41, 5.74) is 7.80. The van der Waals surface area contributed by atoms with Crippen LogP contribution in [0.25, 0.3) is 10.1 Å². The summed E-state index contributed by atoms with van der Waals surface area (Å²) in [5, 5.41) is 4.20. The maximum absolute atomic E-state index is 11.9. The fraction of sp³-hybridized carbons (Fsp3) is 0. The van der Waals surface area contributed by atoms with E-state index in [-0.39, 0.29) is 10.4 Å². The molecule has 0 fully saturated rings. The lowest BCUT2D eigenvalue weighted by atomic mass is 10.2. The van der Waals surface area contributed by atoms with Crippen LogP contribution in [0.2, 0.25) is 0 Å². The van der Waals surface area contributed by atoms with Crippen LogP contribution in [0.15, 0.2) is 59.4 Å². The van der Waals surface area contributed by atoms with E-state index < -0.39 is 0 Å². The summed E-state index contributed by atoms with van der Waals surface area (Å²) in [6, 6.07) is 17.4. The zero-order chi connectivity index (χ0) is 13.2. The van der Waals surface area contributed by atoms with Crippen LogP contribution in [0.3, 0.4) is 0 Å². The number of hydrogen-bond acceptors (Lipinski definition) is 4. The van der Waals surface area contributed by atoms with Crippen molar-refractivity contribution < 1.29 is 0 Å². The molecular weight excluding hydrogens is 256 g/mol. The molecule has 1 heterocycles. The van der Waals surface area contributed by atoms with Gasteiger partial charge in [-0.15, -0.1) is 0 Å². The molecule has 0 atom stereocenters. The lowest BCUT2D eigenvalue weighted by Gasteiger charge is -2.11. The van der Waals surface area contributed by atoms with E-state index in [4.69, 9.17) is 5.73 Å². The first-order valence-corrected chi connectivity index (χ1v) is 6.71. The van der Waals surface area contributed by atoms with Crippen LogP contribution in [-0.4, -0.2) is 0 Å². The second kappa shape index (κ2) is 4.74. The van der Waals surface area contributed by atoms with Crippen molar-refractivity contribution in [1.29, 1.82) is 0 Å². The Labute approximate surface area is 114 Å². The van der Waals surface area contributed by atoms with Crippen molar-refractivity contribution in [3.63, 3.8) is 0 Å². The molecule has 3 N–H and O–H groups in total. The molecule has 94 valence electrons. The monoisotopic (exact) mass is 268 g/mol. The van der Waals surface area contributed by atoms with Crippen molar-refractivity contribution in [2.45, 2.75) is 0 Å². The van der Waals surface area contributed by atoms with E-state index in [9.17, 15) is 4.79 Å². The van der Waals surface area contributed by atoms with Crippen LogP contribution >= 0.6 is 11.3 Å². The number of hydrogen-bond donors (Lipinski definition) is 2. The van der Waals surface area contributed by atoms with Crippen LogP contribution in [-0.2, 0) is 0 Å². The fourth-order valence-corrected chi connectivity index (χ4v) is 2.80. The molecule has 0 bridgehead atoms. The normalized spacial score (nSPS) is 10.5. The lowest BCUT2D eigenvalue weighted by Crippen LogP contribution is -2.07. The molecule has 0 radical (unpaired) electrons. The van der Waals surface area contributed by atoms with Gasteiger partial charge in [-0.1, -0.05) is 47.7 Å². The van der Waals surface area contributed by atoms with Gasteiger partial charge in [0.15, 0.2) is 0 Å². The molecule has 3 aromatic rings. The third kappa shape index (κ3) is 2.18. The summed E-state index contributed by atoms with van der Waals surface area (Å²) in [7, 11) is 0. The second-order valence-corrected chi connectivity index (χ2v) is 5.18. The summed E-state index contributed by atoms with van der Waals surface area (Å²) in [6.45, 7) is 0. The Morgan fingerprint density at radius 2 is 1.63 bits per heavy atom. The topological polar surface area (TPSA) is 55.1 Å². The SMILES string of the molecule is Nc1c(Nc2ccccc2)c2ccccc2sc1=O. The van der Waals surface area contributed by atoms with E-state index in [1.54, 1.807) is 0 Å². The average molecular weight is 268 g/mol. The van der Waals surface area contributed by atoms with E-state index in [1.807, 2.05) is 54.6 Å². The predicted octanol–water partition coefficient (Wildman–Crippen LogP) is 3.59. The van der Waals surface area contributed by atoms with Crippen LogP contribution in [0, 0.1) is 0 Å². The first-order valence-electron chi connectivity index (χ1n) is 5.89. The number of para-hydroxylation sites is 1. The smallest absolute Gasteiger partial charge is 0.257 e. The van der Waals surface area contributed by atoms with Crippen LogP contribution in [0.1, 0.15) is 0 Å². The minimum atomic E-state index is -0.114. The summed E-state index contributed by atoms with van der Waals surface area (Å²) in [4.78, 5) is 11.9. The number of fused-ring (bicyclic) bond motifs is 1. The van der Waals surface area contributed by atoms with Crippen molar-refractivity contribution in [3.05, 3.63) is 64.1 Å². The van der Waals surface area contributed by atoms with Crippen molar-refractivity contribution in [1.82, 2.24) is 0 Å². The average Bonchev–Trinajstić information content (AvgIpc) is 2.45. The summed E-state index contributed by atoms with van der Waals surface area (Å²) < 4.78 is 0.817. The van der Waals surface area contributed by atoms with E-state index in [0.717, 1.165) is 15.8 Å². The van der Waals surface area contributed by atoms with Gasteiger partial charge in [-0.3, -0.25) is 4.79 Å². The molecule has 0 aliphatic heterocycles. The van der Waals surface area contributed by atoms with Gasteiger partial charge in [-0.05, 0) is 18.2 Å². The Kier molecular flexibility index (Phi) is 2.93. The Morgan fingerprint density at radius 3 is 2.42 bits per heavy atom. The highest BCUT2D eigenvalue weighted by atomic mass is 32.1. The molecule has 19 heavy (non-hydrogen) atoms. The Hall–Kier alpha value is -2.33. The standard InChI is InChI=1S/C15H12N2OS/c16-13-14(17-10-6-2-1-3-7-10)11-8-4-5-9-12(11)19-15(13)18/h1-9,17H,16H2. The van der Waals surface area contributed by atoms with Crippen LogP contribution in [0.4, 0.5) is 17.1 Å². The molecule has 3 nitrogen and oxygen atoms in total. The van der Waals surface area contributed by atoms with Gasteiger partial charge in [0.2, 0.25) is 0 Å². The van der Waals surface area contributed by atoms with Crippen molar-refractivity contribution in [2.24, 2.45) is 0 Å². The number of nitrogens with one attached hydrogen (secondary N) is 1. The number of anilines is 3. The number of nitrogen functional groups attached to an aromatic ring is 1. The Morgan fingerprint density at radius 1 is 0.947 bits per heavy atom. The zero-order valence-electron chi connectivity index (χ0n) is 10.1. The zero-order valence-corrected chi connectivity index (χ0v) is 10.9. The van der Waals surface area contributed by atoms with E-state index in [0.29, 0.717) is 5.69 Å². The maximum Gasteiger partial charge on any atom is 0.257 e. The van der Waals surface area contributed by atoms with Gasteiger partial charge in [-0.2, -0.15) is 0 Å². The Bertz CT molecular complexity index is 781. The quantitative estimate of drug-likeness (QED) is 0.746. The summed E-state index contributed by atoms with van der Waals surface area (Å²) in [6.07, 6.45) is 0. The first kappa shape index (κ1) is 11.7. The van der Waals surface area contributed by atoms with Gasteiger partial charge in [0.1, 0.15) is 5.69 Å². The predicted molar refractivity (Wildman–Crippen MR) is 82.2 cm³/mol. The van der Waals surface area contributed by atoms with Crippen LogP contribution in [0.5, 0.6) is 0 Å². The molecule has 0 saturated heterocycles. The van der Waals surface area contributed by atoms with Crippen molar-refractivity contribution >= 4 is 38.5 Å². The molecule has 0 aliphatic rings. The number of rotatable bonds is 2. The molecule has 0 unspecified atom stereocenters. The first-order chi connectivity index (χ1) is 9.25. The van der Waals surface area contributed by atoms with Crippen molar-refractivity contribution in [2.75, 3.05) is 11.1 Å². The maximum atomic E-state index is 11.9. The fourth-order valence-electron chi connectivity index (χ4n) is 1.96. The van der Waals surface area contributed by atoms with E-state index >= 15 is 0 Å². The number of nitrogens with two attached hydrogens (primary N) is 1.